The van der Waals surface area contributed by atoms with Crippen LogP contribution < -0.4 is 10.1 Å². The van der Waals surface area contributed by atoms with Crippen molar-refractivity contribution < 1.29 is 9.84 Å². The summed E-state index contributed by atoms with van der Waals surface area (Å²) in [6, 6.07) is 5.81. The molecule has 0 bridgehead atoms. The molecule has 0 saturated carbocycles. The quantitative estimate of drug-likeness (QED) is 0.715. The van der Waals surface area contributed by atoms with E-state index in [1.807, 2.05) is 32.0 Å². The molecule has 1 rings (SSSR count). The SMILES string of the molecule is C#CCOc1ccc(Br)cc1CNCC(O)(CC)CC. The lowest BCUT2D eigenvalue weighted by atomic mass is 9.97. The number of nitrogens with one attached hydrogen (secondary N) is 1. The predicted molar refractivity (Wildman–Crippen MR) is 85.7 cm³/mol. The lowest BCUT2D eigenvalue weighted by Crippen LogP contribution is -2.39. The maximum atomic E-state index is 10.2. The van der Waals surface area contributed by atoms with Crippen molar-refractivity contribution in [1.29, 1.82) is 0 Å². The summed E-state index contributed by atoms with van der Waals surface area (Å²) in [7, 11) is 0. The second-order valence-corrected chi connectivity index (χ2v) is 5.70. The van der Waals surface area contributed by atoms with Crippen molar-refractivity contribution in [2.75, 3.05) is 13.2 Å². The zero-order valence-corrected chi connectivity index (χ0v) is 13.7. The molecule has 3 nitrogen and oxygen atoms in total. The van der Waals surface area contributed by atoms with Crippen LogP contribution in [0, 0.1) is 12.3 Å². The summed E-state index contributed by atoms with van der Waals surface area (Å²) in [5.41, 5.74) is 0.371. The normalized spacial score (nSPS) is 11.2. The van der Waals surface area contributed by atoms with E-state index in [1.54, 1.807) is 0 Å². The van der Waals surface area contributed by atoms with Crippen molar-refractivity contribution >= 4 is 15.9 Å². The molecule has 0 amide bonds. The van der Waals surface area contributed by atoms with E-state index in [4.69, 9.17) is 11.2 Å². The summed E-state index contributed by atoms with van der Waals surface area (Å²) in [6.45, 7) is 5.42. The predicted octanol–water partition coefficient (Wildman–Crippen LogP) is 3.10. The van der Waals surface area contributed by atoms with Crippen LogP contribution in [0.2, 0.25) is 0 Å². The summed E-state index contributed by atoms with van der Waals surface area (Å²) in [6.07, 6.45) is 6.68. The highest BCUT2D eigenvalue weighted by molar-refractivity contribution is 9.10. The van der Waals surface area contributed by atoms with Crippen LogP contribution >= 0.6 is 15.9 Å². The third-order valence-electron chi connectivity index (χ3n) is 3.42. The maximum Gasteiger partial charge on any atom is 0.148 e. The first kappa shape index (κ1) is 17.0. The Hall–Kier alpha value is -1.02. The molecule has 20 heavy (non-hydrogen) atoms. The Bertz CT molecular complexity index is 464. The number of terminal acetylenes is 1. The van der Waals surface area contributed by atoms with Crippen molar-refractivity contribution in [3.63, 3.8) is 0 Å². The van der Waals surface area contributed by atoms with E-state index in [2.05, 4.69) is 27.2 Å². The second kappa shape index (κ2) is 8.31. The smallest absolute Gasteiger partial charge is 0.148 e. The minimum atomic E-state index is -0.647. The first-order chi connectivity index (χ1) is 9.54. The van der Waals surface area contributed by atoms with E-state index in [0.717, 1.165) is 28.6 Å². The minimum Gasteiger partial charge on any atom is -0.481 e. The van der Waals surface area contributed by atoms with Crippen molar-refractivity contribution in [3.8, 4) is 18.1 Å². The van der Waals surface area contributed by atoms with Gasteiger partial charge >= 0.3 is 0 Å². The zero-order valence-electron chi connectivity index (χ0n) is 12.1. The molecule has 1 aromatic carbocycles. The molecule has 0 heterocycles. The molecule has 0 saturated heterocycles. The lowest BCUT2D eigenvalue weighted by Gasteiger charge is -2.25. The van der Waals surface area contributed by atoms with E-state index < -0.39 is 5.60 Å². The highest BCUT2D eigenvalue weighted by atomic mass is 79.9. The van der Waals surface area contributed by atoms with Gasteiger partial charge in [0.05, 0.1) is 5.60 Å². The molecule has 0 fully saturated rings. The van der Waals surface area contributed by atoms with E-state index in [-0.39, 0.29) is 6.61 Å². The van der Waals surface area contributed by atoms with Gasteiger partial charge in [0.2, 0.25) is 0 Å². The summed E-state index contributed by atoms with van der Waals surface area (Å²) < 4.78 is 6.51. The van der Waals surface area contributed by atoms with Gasteiger partial charge in [0, 0.05) is 23.1 Å². The third-order valence-corrected chi connectivity index (χ3v) is 3.91. The fraction of sp³-hybridized carbons (Fsp3) is 0.500. The first-order valence-corrected chi connectivity index (χ1v) is 7.61. The maximum absolute atomic E-state index is 10.2. The van der Waals surface area contributed by atoms with Crippen molar-refractivity contribution in [2.45, 2.75) is 38.8 Å². The van der Waals surface area contributed by atoms with Crippen LogP contribution in [0.15, 0.2) is 22.7 Å². The first-order valence-electron chi connectivity index (χ1n) is 6.82. The van der Waals surface area contributed by atoms with Gasteiger partial charge in [-0.25, -0.2) is 0 Å². The van der Waals surface area contributed by atoms with E-state index >= 15 is 0 Å². The largest absolute Gasteiger partial charge is 0.481 e. The zero-order chi connectivity index (χ0) is 15.0. The van der Waals surface area contributed by atoms with E-state index in [1.165, 1.54) is 0 Å². The average Bonchev–Trinajstić information content (AvgIpc) is 2.46. The van der Waals surface area contributed by atoms with Gasteiger partial charge in [-0.1, -0.05) is 35.7 Å². The van der Waals surface area contributed by atoms with Crippen molar-refractivity contribution in [2.24, 2.45) is 0 Å². The summed E-state index contributed by atoms with van der Waals surface area (Å²) >= 11 is 3.45. The lowest BCUT2D eigenvalue weighted by molar-refractivity contribution is 0.0322. The summed E-state index contributed by atoms with van der Waals surface area (Å²) in [5.74, 6) is 3.24. The number of benzene rings is 1. The highest BCUT2D eigenvalue weighted by Gasteiger charge is 2.21. The van der Waals surface area contributed by atoms with Gasteiger partial charge < -0.3 is 15.2 Å². The molecule has 0 unspecified atom stereocenters. The number of aliphatic hydroxyl groups is 1. The molecular weight excluding hydrogens is 318 g/mol. The Morgan fingerprint density at radius 2 is 2.10 bits per heavy atom. The molecule has 2 N–H and O–H groups in total. The molecular formula is C16H22BrNO2. The van der Waals surface area contributed by atoms with Gasteiger partial charge in [-0.3, -0.25) is 0 Å². The van der Waals surface area contributed by atoms with Gasteiger partial charge in [0.15, 0.2) is 0 Å². The van der Waals surface area contributed by atoms with Crippen LogP contribution in [-0.4, -0.2) is 23.9 Å². The monoisotopic (exact) mass is 339 g/mol. The van der Waals surface area contributed by atoms with Crippen LogP contribution in [0.1, 0.15) is 32.3 Å². The van der Waals surface area contributed by atoms with E-state index in [0.29, 0.717) is 13.1 Å². The molecule has 0 radical (unpaired) electrons. The number of rotatable bonds is 8. The van der Waals surface area contributed by atoms with Gasteiger partial charge in [-0.05, 0) is 31.0 Å². The highest BCUT2D eigenvalue weighted by Crippen LogP contribution is 2.23. The van der Waals surface area contributed by atoms with Crippen LogP contribution in [-0.2, 0) is 6.54 Å². The molecule has 0 aliphatic rings. The number of hydrogen-bond donors (Lipinski definition) is 2. The number of hydrogen-bond acceptors (Lipinski definition) is 3. The Morgan fingerprint density at radius 1 is 1.40 bits per heavy atom. The topological polar surface area (TPSA) is 41.5 Å². The van der Waals surface area contributed by atoms with Crippen LogP contribution in [0.3, 0.4) is 0 Å². The van der Waals surface area contributed by atoms with Crippen LogP contribution in [0.25, 0.3) is 0 Å². The number of ether oxygens (including phenoxy) is 1. The molecule has 0 aliphatic heterocycles. The van der Waals surface area contributed by atoms with Crippen LogP contribution in [0.5, 0.6) is 5.75 Å². The number of halogens is 1. The molecule has 0 aromatic heterocycles. The molecule has 4 heteroatoms. The van der Waals surface area contributed by atoms with Crippen molar-refractivity contribution in [3.05, 3.63) is 28.2 Å². The second-order valence-electron chi connectivity index (χ2n) is 4.78. The Balaban J connectivity index is 2.66. The Morgan fingerprint density at radius 3 is 2.70 bits per heavy atom. The fourth-order valence-corrected chi connectivity index (χ4v) is 2.28. The minimum absolute atomic E-state index is 0.252. The van der Waals surface area contributed by atoms with Crippen LogP contribution in [0.4, 0.5) is 0 Å². The molecule has 110 valence electrons. The standard InChI is InChI=1S/C16H22BrNO2/c1-4-9-20-15-8-7-14(17)10-13(15)11-18-12-16(19,5-2)6-3/h1,7-8,10,18-19H,5-6,9,11-12H2,2-3H3. The molecule has 1 aromatic rings. The van der Waals surface area contributed by atoms with E-state index in [9.17, 15) is 5.11 Å². The Labute approximate surface area is 129 Å². The fourth-order valence-electron chi connectivity index (χ4n) is 1.88. The van der Waals surface area contributed by atoms with Gasteiger partial charge in [0.1, 0.15) is 12.4 Å². The third kappa shape index (κ3) is 5.16. The van der Waals surface area contributed by atoms with Gasteiger partial charge in [-0.15, -0.1) is 6.42 Å². The summed E-state index contributed by atoms with van der Waals surface area (Å²) in [5, 5.41) is 13.5. The summed E-state index contributed by atoms with van der Waals surface area (Å²) in [4.78, 5) is 0. The van der Waals surface area contributed by atoms with Crippen molar-refractivity contribution in [1.82, 2.24) is 5.32 Å². The molecule has 0 spiro atoms. The molecule has 0 atom stereocenters. The molecule has 0 aliphatic carbocycles. The average molecular weight is 340 g/mol. The van der Waals surface area contributed by atoms with Gasteiger partial charge in [0.25, 0.3) is 0 Å². The van der Waals surface area contributed by atoms with Gasteiger partial charge in [-0.2, -0.15) is 0 Å². The Kier molecular flexibility index (Phi) is 7.08.